The molecule has 1 aliphatic carbocycles. The van der Waals surface area contributed by atoms with Crippen LogP contribution in [0.1, 0.15) is 52.7 Å². The molecule has 0 amide bonds. The van der Waals surface area contributed by atoms with Crippen LogP contribution in [-0.2, 0) is 0 Å². The number of hydrogen-bond donors (Lipinski definition) is 0. The van der Waals surface area contributed by atoms with Crippen LogP contribution in [0.4, 0.5) is 0 Å². The molecule has 4 rings (SSSR count). The van der Waals surface area contributed by atoms with Crippen molar-refractivity contribution in [1.29, 1.82) is 0 Å². The molecule has 1 fully saturated rings. The summed E-state index contributed by atoms with van der Waals surface area (Å²) in [6.45, 7) is 7.28. The molecule has 0 aromatic heterocycles. The largest absolute Gasteiger partial charge is 0.302 e. The van der Waals surface area contributed by atoms with E-state index in [1.165, 1.54) is 16.7 Å². The van der Waals surface area contributed by atoms with Gasteiger partial charge in [-0.1, -0.05) is 53.6 Å². The highest BCUT2D eigenvalue weighted by atomic mass is 16.1. The van der Waals surface area contributed by atoms with Crippen molar-refractivity contribution in [2.24, 2.45) is 0 Å². The lowest BCUT2D eigenvalue weighted by Crippen LogP contribution is -2.36. The van der Waals surface area contributed by atoms with Crippen LogP contribution in [0.2, 0.25) is 0 Å². The summed E-state index contributed by atoms with van der Waals surface area (Å²) in [6, 6.07) is 16.8. The molecule has 2 aromatic rings. The van der Waals surface area contributed by atoms with Gasteiger partial charge in [-0.15, -0.1) is 0 Å². The van der Waals surface area contributed by atoms with E-state index in [1.54, 1.807) is 5.57 Å². The van der Waals surface area contributed by atoms with Crippen molar-refractivity contribution in [2.45, 2.75) is 32.6 Å². The van der Waals surface area contributed by atoms with Crippen molar-refractivity contribution in [3.05, 3.63) is 76.4 Å². The molecule has 1 heterocycles. The van der Waals surface area contributed by atoms with Crippen LogP contribution < -0.4 is 0 Å². The van der Waals surface area contributed by atoms with Crippen molar-refractivity contribution >= 4 is 11.4 Å². The zero-order chi connectivity index (χ0) is 17.4. The predicted molar refractivity (Wildman–Crippen MR) is 103 cm³/mol. The van der Waals surface area contributed by atoms with Crippen LogP contribution in [-0.4, -0.2) is 30.3 Å². The number of aryl methyl sites for hydroxylation is 1. The minimum Gasteiger partial charge on any atom is -0.302 e. The van der Waals surface area contributed by atoms with Gasteiger partial charge in [-0.25, -0.2) is 0 Å². The molecule has 128 valence electrons. The van der Waals surface area contributed by atoms with E-state index < -0.39 is 0 Å². The first-order valence-corrected chi connectivity index (χ1v) is 9.24. The molecule has 1 unspecified atom stereocenters. The van der Waals surface area contributed by atoms with Crippen molar-refractivity contribution in [3.63, 3.8) is 0 Å². The molecule has 2 nitrogen and oxygen atoms in total. The fourth-order valence-electron chi connectivity index (χ4n) is 4.39. The number of allylic oxidation sites excluding steroid dienone is 1. The maximum Gasteiger partial charge on any atom is 0.164 e. The Balaban J connectivity index is 1.42. The zero-order valence-electron chi connectivity index (χ0n) is 15.1. The van der Waals surface area contributed by atoms with E-state index in [2.05, 4.69) is 36.1 Å². The van der Waals surface area contributed by atoms with Crippen LogP contribution in [0.5, 0.6) is 0 Å². The molecule has 1 saturated heterocycles. The van der Waals surface area contributed by atoms with Gasteiger partial charge in [0.05, 0.1) is 0 Å². The van der Waals surface area contributed by atoms with Gasteiger partial charge < -0.3 is 4.90 Å². The van der Waals surface area contributed by atoms with Crippen LogP contribution >= 0.6 is 0 Å². The number of rotatable bonds is 4. The summed E-state index contributed by atoms with van der Waals surface area (Å²) in [5.41, 5.74) is 8.00. The molecule has 1 aliphatic heterocycles. The van der Waals surface area contributed by atoms with E-state index in [4.69, 9.17) is 0 Å². The van der Waals surface area contributed by atoms with E-state index in [0.717, 1.165) is 37.2 Å². The Labute approximate surface area is 150 Å². The molecule has 0 spiro atoms. The van der Waals surface area contributed by atoms with Gasteiger partial charge in [0.15, 0.2) is 5.78 Å². The second kappa shape index (κ2) is 6.61. The molecular weight excluding hydrogens is 306 g/mol. The van der Waals surface area contributed by atoms with Gasteiger partial charge in [0.25, 0.3) is 0 Å². The molecule has 0 N–H and O–H groups in total. The highest BCUT2D eigenvalue weighted by Crippen LogP contribution is 2.45. The first-order chi connectivity index (χ1) is 12.1. The van der Waals surface area contributed by atoms with Gasteiger partial charge in [0, 0.05) is 37.5 Å². The summed E-state index contributed by atoms with van der Waals surface area (Å²) in [5.74, 6) is 0.784. The molecule has 2 aromatic carbocycles. The molecule has 2 heteroatoms. The Morgan fingerprint density at radius 1 is 1.12 bits per heavy atom. The first-order valence-electron chi connectivity index (χ1n) is 9.24. The summed E-state index contributed by atoms with van der Waals surface area (Å²) >= 11 is 0. The minimum absolute atomic E-state index is 0.257. The van der Waals surface area contributed by atoms with Crippen LogP contribution in [0.15, 0.2) is 54.1 Å². The van der Waals surface area contributed by atoms with Crippen LogP contribution in [0.25, 0.3) is 5.57 Å². The molecule has 25 heavy (non-hydrogen) atoms. The Morgan fingerprint density at radius 2 is 1.96 bits per heavy atom. The van der Waals surface area contributed by atoms with Gasteiger partial charge in [-0.05, 0) is 43.0 Å². The molecule has 0 saturated carbocycles. The van der Waals surface area contributed by atoms with Gasteiger partial charge in [-0.2, -0.15) is 0 Å². The average molecular weight is 331 g/mol. The third kappa shape index (κ3) is 3.07. The predicted octanol–water partition coefficient (Wildman–Crippen LogP) is 4.84. The number of piperidine rings is 1. The first kappa shape index (κ1) is 16.3. The average Bonchev–Trinajstić information content (AvgIpc) is 2.92. The molecule has 0 bridgehead atoms. The molecular formula is C23H25NO. The number of hydrogen-bond acceptors (Lipinski definition) is 2. The highest BCUT2D eigenvalue weighted by Gasteiger charge is 2.33. The van der Waals surface area contributed by atoms with E-state index in [-0.39, 0.29) is 5.78 Å². The van der Waals surface area contributed by atoms with Gasteiger partial charge in [0.2, 0.25) is 0 Å². The number of fused-ring (bicyclic) bond motifs is 3. The Kier molecular flexibility index (Phi) is 4.30. The SMILES string of the molecule is CC1=C2CCN(CCC(=O)c3cccc(C)c3)CC2c2ccccc21. The fraction of sp³-hybridized carbons (Fsp3) is 0.348. The summed E-state index contributed by atoms with van der Waals surface area (Å²) in [5, 5.41) is 0. The number of carbonyl (C=O) groups is 1. The van der Waals surface area contributed by atoms with Crippen molar-refractivity contribution in [1.82, 2.24) is 4.90 Å². The van der Waals surface area contributed by atoms with Crippen molar-refractivity contribution < 1.29 is 4.79 Å². The zero-order valence-corrected chi connectivity index (χ0v) is 15.1. The quantitative estimate of drug-likeness (QED) is 0.747. The lowest BCUT2D eigenvalue weighted by Gasteiger charge is -2.33. The van der Waals surface area contributed by atoms with Crippen LogP contribution in [0, 0.1) is 6.92 Å². The number of carbonyl (C=O) groups excluding carboxylic acids is 1. The minimum atomic E-state index is 0.257. The standard InChI is InChI=1S/C23H25NO/c1-16-6-5-7-18(14-16)23(25)11-13-24-12-10-20-17(2)19-8-3-4-9-21(19)22(20)15-24/h3-9,14,22H,10-13,15H2,1-2H3. The summed E-state index contributed by atoms with van der Waals surface area (Å²) < 4.78 is 0. The van der Waals surface area contributed by atoms with Gasteiger partial charge >= 0.3 is 0 Å². The number of benzene rings is 2. The van der Waals surface area contributed by atoms with Gasteiger partial charge in [0.1, 0.15) is 0 Å². The van der Waals surface area contributed by atoms with E-state index >= 15 is 0 Å². The van der Waals surface area contributed by atoms with Crippen molar-refractivity contribution in [2.75, 3.05) is 19.6 Å². The van der Waals surface area contributed by atoms with E-state index in [0.29, 0.717) is 12.3 Å². The fourth-order valence-corrected chi connectivity index (χ4v) is 4.39. The summed E-state index contributed by atoms with van der Waals surface area (Å²) in [4.78, 5) is 15.0. The lowest BCUT2D eigenvalue weighted by molar-refractivity contribution is 0.0960. The second-order valence-electron chi connectivity index (χ2n) is 7.38. The van der Waals surface area contributed by atoms with E-state index in [9.17, 15) is 4.79 Å². The molecule has 2 aliphatic rings. The van der Waals surface area contributed by atoms with Crippen LogP contribution in [0.3, 0.4) is 0 Å². The number of nitrogens with zero attached hydrogens (tertiary/aromatic N) is 1. The van der Waals surface area contributed by atoms with E-state index in [1.807, 2.05) is 31.2 Å². The van der Waals surface area contributed by atoms with Crippen molar-refractivity contribution in [3.8, 4) is 0 Å². The molecule has 0 radical (unpaired) electrons. The number of Topliss-reactive ketones (excluding diaryl/α,β-unsaturated/α-hetero) is 1. The number of likely N-dealkylation sites (tertiary alicyclic amines) is 1. The summed E-state index contributed by atoms with van der Waals surface area (Å²) in [7, 11) is 0. The normalized spacial score (nSPS) is 19.7. The second-order valence-corrected chi connectivity index (χ2v) is 7.38. The third-order valence-electron chi connectivity index (χ3n) is 5.78. The Hall–Kier alpha value is -2.19. The monoisotopic (exact) mass is 331 g/mol. The maximum atomic E-state index is 12.5. The topological polar surface area (TPSA) is 20.3 Å². The Morgan fingerprint density at radius 3 is 2.80 bits per heavy atom. The van der Waals surface area contributed by atoms with Gasteiger partial charge in [-0.3, -0.25) is 4.79 Å². The highest BCUT2D eigenvalue weighted by molar-refractivity contribution is 5.96. The lowest BCUT2D eigenvalue weighted by atomic mass is 9.89. The molecule has 1 atom stereocenters. The Bertz CT molecular complexity index is 849. The number of ketones is 1. The summed E-state index contributed by atoms with van der Waals surface area (Å²) in [6.07, 6.45) is 1.74. The third-order valence-corrected chi connectivity index (χ3v) is 5.78. The smallest absolute Gasteiger partial charge is 0.164 e. The maximum absolute atomic E-state index is 12.5.